The second-order valence-electron chi connectivity index (χ2n) is 5.81. The van der Waals surface area contributed by atoms with Crippen molar-refractivity contribution in [2.24, 2.45) is 5.92 Å². The van der Waals surface area contributed by atoms with Crippen LogP contribution in [0.2, 0.25) is 19.6 Å². The molecule has 0 bridgehead atoms. The van der Waals surface area contributed by atoms with Gasteiger partial charge in [-0.15, -0.1) is 0 Å². The minimum atomic E-state index is -1.05. The molecule has 0 aromatic heterocycles. The van der Waals surface area contributed by atoms with Gasteiger partial charge in [0.2, 0.25) is 0 Å². The molecule has 0 aliphatic heterocycles. The van der Waals surface area contributed by atoms with E-state index in [1.165, 1.54) is 32.1 Å². The molecule has 2 rings (SSSR count). The molecule has 0 heterocycles. The van der Waals surface area contributed by atoms with Crippen LogP contribution in [0.25, 0.3) is 0 Å². The Morgan fingerprint density at radius 2 is 2.00 bits per heavy atom. The molecule has 14 heavy (non-hydrogen) atoms. The number of rotatable bonds is 1. The maximum Gasteiger partial charge on any atom is 0.0771 e. The van der Waals surface area contributed by atoms with Crippen LogP contribution in [0.5, 0.6) is 0 Å². The van der Waals surface area contributed by atoms with Gasteiger partial charge in [-0.3, -0.25) is 0 Å². The Bertz CT molecular complexity index is 278. The van der Waals surface area contributed by atoms with Crippen LogP contribution in [-0.2, 0) is 0 Å². The Morgan fingerprint density at radius 3 is 2.71 bits per heavy atom. The topological polar surface area (TPSA) is 0 Å². The summed E-state index contributed by atoms with van der Waals surface area (Å²) in [5, 5.41) is 1.70. The summed E-state index contributed by atoms with van der Waals surface area (Å²) in [6.45, 7) is 7.37. The Hall–Kier alpha value is -0.303. The lowest BCUT2D eigenvalue weighted by molar-refractivity contribution is 0.452. The van der Waals surface area contributed by atoms with Gasteiger partial charge < -0.3 is 0 Å². The molecule has 2 aliphatic carbocycles. The van der Waals surface area contributed by atoms with Crippen molar-refractivity contribution < 1.29 is 0 Å². The summed E-state index contributed by atoms with van der Waals surface area (Å²) >= 11 is 0. The second-order valence-corrected chi connectivity index (χ2v) is 10.9. The fraction of sp³-hybridized carbons (Fsp3) is 0.692. The fourth-order valence-electron chi connectivity index (χ4n) is 2.62. The van der Waals surface area contributed by atoms with Crippen molar-refractivity contribution in [3.8, 4) is 0 Å². The summed E-state index contributed by atoms with van der Waals surface area (Å²) < 4.78 is 0. The molecule has 0 radical (unpaired) electrons. The summed E-state index contributed by atoms with van der Waals surface area (Å²) in [4.78, 5) is 0. The largest absolute Gasteiger partial charge is 0.0847 e. The molecule has 0 aromatic carbocycles. The number of hydrogen-bond donors (Lipinski definition) is 0. The summed E-state index contributed by atoms with van der Waals surface area (Å²) in [6, 6.07) is 0. The van der Waals surface area contributed by atoms with Gasteiger partial charge in [0.1, 0.15) is 0 Å². The SMILES string of the molecule is C[Si](C)(C)C1=CCC2CCCCC2=C1. The maximum atomic E-state index is 2.56. The van der Waals surface area contributed by atoms with E-state index in [1.54, 1.807) is 10.8 Å². The molecule has 0 spiro atoms. The van der Waals surface area contributed by atoms with Crippen LogP contribution in [0.15, 0.2) is 22.9 Å². The first-order chi connectivity index (χ1) is 6.57. The molecular formula is C13H22Si. The van der Waals surface area contributed by atoms with Crippen molar-refractivity contribution in [1.82, 2.24) is 0 Å². The smallest absolute Gasteiger partial charge is 0.0771 e. The predicted octanol–water partition coefficient (Wildman–Crippen LogP) is 4.31. The molecule has 78 valence electrons. The summed E-state index contributed by atoms with van der Waals surface area (Å²) in [5.41, 5.74) is 1.77. The summed E-state index contributed by atoms with van der Waals surface area (Å²) in [6.07, 6.45) is 12.1. The van der Waals surface area contributed by atoms with Crippen LogP contribution in [0.1, 0.15) is 32.1 Å². The third kappa shape index (κ3) is 2.03. The van der Waals surface area contributed by atoms with Crippen LogP contribution >= 0.6 is 0 Å². The van der Waals surface area contributed by atoms with E-state index in [4.69, 9.17) is 0 Å². The molecule has 0 amide bonds. The Balaban J connectivity index is 2.18. The number of fused-ring (bicyclic) bond motifs is 1. The zero-order valence-electron chi connectivity index (χ0n) is 9.77. The van der Waals surface area contributed by atoms with Gasteiger partial charge in [-0.2, -0.15) is 0 Å². The van der Waals surface area contributed by atoms with E-state index >= 15 is 0 Å². The van der Waals surface area contributed by atoms with Gasteiger partial charge in [0, 0.05) is 0 Å². The lowest BCUT2D eigenvalue weighted by Crippen LogP contribution is -2.26. The van der Waals surface area contributed by atoms with Gasteiger partial charge in [-0.05, 0) is 31.6 Å². The highest BCUT2D eigenvalue weighted by atomic mass is 28.3. The van der Waals surface area contributed by atoms with Crippen molar-refractivity contribution >= 4 is 8.07 Å². The first-order valence-electron chi connectivity index (χ1n) is 5.98. The molecule has 1 atom stereocenters. The molecule has 1 fully saturated rings. The molecule has 2 aliphatic rings. The van der Waals surface area contributed by atoms with E-state index in [9.17, 15) is 0 Å². The number of hydrogen-bond acceptors (Lipinski definition) is 0. The molecular weight excluding hydrogens is 184 g/mol. The van der Waals surface area contributed by atoms with E-state index in [2.05, 4.69) is 31.8 Å². The molecule has 1 saturated carbocycles. The highest BCUT2D eigenvalue weighted by Crippen LogP contribution is 2.37. The van der Waals surface area contributed by atoms with Crippen LogP contribution in [0.4, 0.5) is 0 Å². The van der Waals surface area contributed by atoms with Gasteiger partial charge in [-0.25, -0.2) is 0 Å². The highest BCUT2D eigenvalue weighted by Gasteiger charge is 2.25. The highest BCUT2D eigenvalue weighted by molar-refractivity contribution is 6.83. The average molecular weight is 206 g/mol. The first-order valence-corrected chi connectivity index (χ1v) is 9.48. The van der Waals surface area contributed by atoms with Gasteiger partial charge >= 0.3 is 0 Å². The Kier molecular flexibility index (Phi) is 2.69. The molecule has 1 heteroatoms. The van der Waals surface area contributed by atoms with Crippen LogP contribution in [0, 0.1) is 5.92 Å². The molecule has 0 nitrogen and oxygen atoms in total. The van der Waals surface area contributed by atoms with Crippen LogP contribution < -0.4 is 0 Å². The average Bonchev–Trinajstić information content (AvgIpc) is 2.16. The van der Waals surface area contributed by atoms with Crippen LogP contribution in [0.3, 0.4) is 0 Å². The third-order valence-electron chi connectivity index (χ3n) is 3.62. The zero-order chi connectivity index (χ0) is 10.2. The molecule has 0 saturated heterocycles. The second kappa shape index (κ2) is 3.69. The fourth-order valence-corrected chi connectivity index (χ4v) is 3.97. The van der Waals surface area contributed by atoms with Gasteiger partial charge in [-0.1, -0.05) is 49.0 Å². The molecule has 0 N–H and O–H groups in total. The summed E-state index contributed by atoms with van der Waals surface area (Å²) in [5.74, 6) is 0.920. The van der Waals surface area contributed by atoms with Crippen molar-refractivity contribution in [2.45, 2.75) is 51.7 Å². The maximum absolute atomic E-state index is 2.56. The van der Waals surface area contributed by atoms with Crippen molar-refractivity contribution in [1.29, 1.82) is 0 Å². The minimum absolute atomic E-state index is 0.920. The zero-order valence-corrected chi connectivity index (χ0v) is 10.8. The lowest BCUT2D eigenvalue weighted by Gasteiger charge is -2.31. The van der Waals surface area contributed by atoms with E-state index < -0.39 is 8.07 Å². The standard InChI is InChI=1S/C13H22Si/c1-14(2,3)13-9-8-11-6-4-5-7-12(11)10-13/h9-11H,4-8H2,1-3H3. The van der Waals surface area contributed by atoms with E-state index in [1.807, 2.05) is 0 Å². The van der Waals surface area contributed by atoms with Gasteiger partial charge in [0.05, 0.1) is 8.07 Å². The Labute approximate surface area is 89.1 Å². The predicted molar refractivity (Wildman–Crippen MR) is 66.1 cm³/mol. The summed E-state index contributed by atoms with van der Waals surface area (Å²) in [7, 11) is -1.05. The van der Waals surface area contributed by atoms with E-state index in [0.29, 0.717) is 0 Å². The van der Waals surface area contributed by atoms with E-state index in [0.717, 1.165) is 5.92 Å². The third-order valence-corrected chi connectivity index (χ3v) is 5.70. The number of allylic oxidation sites excluding steroid dienone is 4. The molecule has 1 unspecified atom stereocenters. The monoisotopic (exact) mass is 206 g/mol. The van der Waals surface area contributed by atoms with Crippen molar-refractivity contribution in [3.63, 3.8) is 0 Å². The molecule has 0 aromatic rings. The van der Waals surface area contributed by atoms with Gasteiger partial charge in [0.25, 0.3) is 0 Å². The normalized spacial score (nSPS) is 27.8. The minimum Gasteiger partial charge on any atom is -0.0847 e. The van der Waals surface area contributed by atoms with Crippen LogP contribution in [-0.4, -0.2) is 8.07 Å². The van der Waals surface area contributed by atoms with Crippen molar-refractivity contribution in [2.75, 3.05) is 0 Å². The quantitative estimate of drug-likeness (QED) is 0.561. The van der Waals surface area contributed by atoms with E-state index in [-0.39, 0.29) is 0 Å². The Morgan fingerprint density at radius 1 is 1.21 bits per heavy atom. The lowest BCUT2D eigenvalue weighted by atomic mass is 9.80. The van der Waals surface area contributed by atoms with Crippen molar-refractivity contribution in [3.05, 3.63) is 22.9 Å². The van der Waals surface area contributed by atoms with Gasteiger partial charge in [0.15, 0.2) is 0 Å². The first kappa shape index (κ1) is 10.2.